The summed E-state index contributed by atoms with van der Waals surface area (Å²) < 4.78 is 24.7. The Morgan fingerprint density at radius 3 is 2.89 bits per heavy atom. The maximum atomic E-state index is 13.3. The summed E-state index contributed by atoms with van der Waals surface area (Å²) in [6.45, 7) is 0.930. The zero-order chi connectivity index (χ0) is 19.3. The number of hydrogen-bond donors (Lipinski definition) is 0. The minimum absolute atomic E-state index is 0.118. The molecule has 8 heteroatoms. The number of hydrogen-bond acceptors (Lipinski definition) is 7. The fraction of sp³-hybridized carbons (Fsp3) is 0.150. The van der Waals surface area contributed by atoms with Gasteiger partial charge in [-0.25, -0.2) is 19.0 Å². The van der Waals surface area contributed by atoms with Crippen LogP contribution < -0.4 is 10.5 Å². The molecular formula is C20H13FN2O4S. The van der Waals surface area contributed by atoms with Gasteiger partial charge in [0.2, 0.25) is 0 Å². The lowest BCUT2D eigenvalue weighted by Gasteiger charge is -2.38. The van der Waals surface area contributed by atoms with Crippen LogP contribution in [0.1, 0.15) is 10.4 Å². The molecule has 0 spiro atoms. The highest BCUT2D eigenvalue weighted by atomic mass is 32.1. The van der Waals surface area contributed by atoms with Gasteiger partial charge in [0.15, 0.2) is 5.13 Å². The van der Waals surface area contributed by atoms with Crippen molar-refractivity contribution >= 4 is 43.6 Å². The topological polar surface area (TPSA) is 72.6 Å². The van der Waals surface area contributed by atoms with Gasteiger partial charge in [-0.3, -0.25) is 0 Å². The Balaban J connectivity index is 1.28. The van der Waals surface area contributed by atoms with E-state index in [4.69, 9.17) is 9.15 Å². The smallest absolute Gasteiger partial charge is 0.351 e. The number of fused-ring (bicyclic) bond motifs is 2. The first kappa shape index (κ1) is 16.9. The highest BCUT2D eigenvalue weighted by Crippen LogP contribution is 2.32. The Bertz CT molecular complexity index is 1280. The lowest BCUT2D eigenvalue weighted by atomic mass is 10.1. The molecule has 2 aromatic carbocycles. The number of benzene rings is 2. The van der Waals surface area contributed by atoms with Gasteiger partial charge in [-0.15, -0.1) is 0 Å². The number of rotatable bonds is 3. The summed E-state index contributed by atoms with van der Waals surface area (Å²) in [4.78, 5) is 30.9. The van der Waals surface area contributed by atoms with Gasteiger partial charge in [0.25, 0.3) is 0 Å². The standard InChI is InChI=1S/C20H13FN2O4S/c21-12-5-6-15-17(8-12)28-20(22-15)23-9-13(10-23)26-18(24)14-7-11-3-1-2-4-16(11)27-19(14)25/h1-8,13H,9-10H2. The van der Waals surface area contributed by atoms with Crippen molar-refractivity contribution in [3.8, 4) is 0 Å². The Morgan fingerprint density at radius 1 is 1.21 bits per heavy atom. The predicted octanol–water partition coefficient (Wildman–Crippen LogP) is 3.59. The van der Waals surface area contributed by atoms with Crippen LogP contribution in [0.4, 0.5) is 9.52 Å². The van der Waals surface area contributed by atoms with Crippen LogP contribution in [0.3, 0.4) is 0 Å². The highest BCUT2D eigenvalue weighted by molar-refractivity contribution is 7.22. The SMILES string of the molecule is O=C(OC1CN(c2nc3ccc(F)cc3s2)C1)c1cc2ccccc2oc1=O. The molecule has 6 nitrogen and oxygen atoms in total. The lowest BCUT2D eigenvalue weighted by Crippen LogP contribution is -2.53. The van der Waals surface area contributed by atoms with Crippen molar-refractivity contribution in [1.82, 2.24) is 4.98 Å². The second-order valence-electron chi connectivity index (χ2n) is 6.53. The van der Waals surface area contributed by atoms with E-state index in [1.807, 2.05) is 4.90 Å². The second kappa shape index (κ2) is 6.42. The number of aromatic nitrogens is 1. The number of carbonyl (C=O) groups excluding carboxylic acids is 1. The number of nitrogens with zero attached hydrogens (tertiary/aromatic N) is 2. The summed E-state index contributed by atoms with van der Waals surface area (Å²) in [7, 11) is 0. The summed E-state index contributed by atoms with van der Waals surface area (Å²) in [5.41, 5.74) is 0.322. The molecule has 1 fully saturated rings. The number of carbonyl (C=O) groups is 1. The Hall–Kier alpha value is -3.26. The fourth-order valence-electron chi connectivity index (χ4n) is 3.11. The van der Waals surface area contributed by atoms with Crippen molar-refractivity contribution in [3.05, 3.63) is 70.3 Å². The normalized spacial score (nSPS) is 14.4. The minimum Gasteiger partial charge on any atom is -0.455 e. The van der Waals surface area contributed by atoms with Crippen molar-refractivity contribution in [2.45, 2.75) is 6.10 Å². The van der Waals surface area contributed by atoms with Gasteiger partial charge in [0.1, 0.15) is 23.1 Å². The van der Waals surface area contributed by atoms with E-state index >= 15 is 0 Å². The molecule has 140 valence electrons. The quantitative estimate of drug-likeness (QED) is 0.389. The highest BCUT2D eigenvalue weighted by Gasteiger charge is 2.33. The average Bonchev–Trinajstić information content (AvgIpc) is 3.05. The molecule has 1 saturated heterocycles. The van der Waals surface area contributed by atoms with Gasteiger partial charge >= 0.3 is 11.6 Å². The van der Waals surface area contributed by atoms with Gasteiger partial charge in [-0.05, 0) is 30.3 Å². The third kappa shape index (κ3) is 2.91. The van der Waals surface area contributed by atoms with Gasteiger partial charge in [-0.2, -0.15) is 0 Å². The van der Waals surface area contributed by atoms with E-state index in [9.17, 15) is 14.0 Å². The molecule has 0 radical (unpaired) electrons. The van der Waals surface area contributed by atoms with Crippen LogP contribution in [-0.2, 0) is 4.74 Å². The summed E-state index contributed by atoms with van der Waals surface area (Å²) in [6, 6.07) is 12.9. The van der Waals surface area contributed by atoms with E-state index in [-0.39, 0.29) is 17.5 Å². The number of anilines is 1. The molecule has 0 amide bonds. The number of thiazole rings is 1. The first-order chi connectivity index (χ1) is 13.6. The molecule has 0 bridgehead atoms. The molecule has 5 rings (SSSR count). The first-order valence-electron chi connectivity index (χ1n) is 8.62. The molecule has 1 aliphatic rings. The summed E-state index contributed by atoms with van der Waals surface area (Å²) >= 11 is 1.39. The average molecular weight is 396 g/mol. The molecule has 4 aromatic rings. The zero-order valence-corrected chi connectivity index (χ0v) is 15.2. The Labute approximate surface area is 161 Å². The molecule has 28 heavy (non-hydrogen) atoms. The molecule has 0 N–H and O–H groups in total. The molecule has 2 aromatic heterocycles. The molecule has 1 aliphatic heterocycles. The maximum absolute atomic E-state index is 13.3. The molecule has 0 atom stereocenters. The molecule has 0 unspecified atom stereocenters. The first-order valence-corrected chi connectivity index (χ1v) is 9.43. The zero-order valence-electron chi connectivity index (χ0n) is 14.4. The Kier molecular flexibility index (Phi) is 3.87. The van der Waals surface area contributed by atoms with Crippen LogP contribution in [0.15, 0.2) is 57.7 Å². The van der Waals surface area contributed by atoms with Crippen LogP contribution in [0.2, 0.25) is 0 Å². The van der Waals surface area contributed by atoms with Crippen LogP contribution in [0, 0.1) is 5.82 Å². The van der Waals surface area contributed by atoms with E-state index in [0.717, 1.165) is 15.3 Å². The van der Waals surface area contributed by atoms with Crippen LogP contribution in [0.5, 0.6) is 0 Å². The van der Waals surface area contributed by atoms with Crippen LogP contribution >= 0.6 is 11.3 Å². The van der Waals surface area contributed by atoms with Gasteiger partial charge in [0, 0.05) is 5.39 Å². The fourth-order valence-corrected chi connectivity index (χ4v) is 4.12. The molecule has 3 heterocycles. The lowest BCUT2D eigenvalue weighted by molar-refractivity contribution is 0.0230. The molecular weight excluding hydrogens is 383 g/mol. The number of halogens is 1. The largest absolute Gasteiger partial charge is 0.455 e. The van der Waals surface area contributed by atoms with Crippen LogP contribution in [0.25, 0.3) is 21.2 Å². The minimum atomic E-state index is -0.715. The van der Waals surface area contributed by atoms with Crippen molar-refractivity contribution in [3.63, 3.8) is 0 Å². The van der Waals surface area contributed by atoms with Crippen molar-refractivity contribution in [1.29, 1.82) is 0 Å². The van der Waals surface area contributed by atoms with E-state index in [2.05, 4.69) is 4.98 Å². The number of esters is 1. The van der Waals surface area contributed by atoms with Gasteiger partial charge in [0.05, 0.1) is 23.3 Å². The molecule has 0 aliphatic carbocycles. The maximum Gasteiger partial charge on any atom is 0.351 e. The van der Waals surface area contributed by atoms with Crippen molar-refractivity contribution in [2.24, 2.45) is 0 Å². The van der Waals surface area contributed by atoms with Gasteiger partial charge in [-0.1, -0.05) is 29.5 Å². The van der Waals surface area contributed by atoms with E-state index in [0.29, 0.717) is 24.1 Å². The second-order valence-corrected chi connectivity index (χ2v) is 7.54. The monoisotopic (exact) mass is 396 g/mol. The summed E-state index contributed by atoms with van der Waals surface area (Å²) in [6.07, 6.45) is -0.345. The van der Waals surface area contributed by atoms with Crippen LogP contribution in [-0.4, -0.2) is 30.1 Å². The summed E-state index contributed by atoms with van der Waals surface area (Å²) in [5.74, 6) is -0.997. The number of ether oxygens (including phenoxy) is 1. The van der Waals surface area contributed by atoms with Crippen molar-refractivity contribution in [2.75, 3.05) is 18.0 Å². The predicted molar refractivity (Wildman–Crippen MR) is 103 cm³/mol. The Morgan fingerprint density at radius 2 is 2.04 bits per heavy atom. The summed E-state index contributed by atoms with van der Waals surface area (Å²) in [5, 5.41) is 1.41. The van der Waals surface area contributed by atoms with E-state index < -0.39 is 11.6 Å². The number of para-hydroxylation sites is 1. The van der Waals surface area contributed by atoms with E-state index in [1.165, 1.54) is 29.5 Å². The third-order valence-corrected chi connectivity index (χ3v) is 5.67. The van der Waals surface area contributed by atoms with Gasteiger partial charge < -0.3 is 14.1 Å². The van der Waals surface area contributed by atoms with E-state index in [1.54, 1.807) is 30.3 Å². The third-order valence-electron chi connectivity index (χ3n) is 4.59. The molecule has 0 saturated carbocycles. The van der Waals surface area contributed by atoms with Crippen molar-refractivity contribution < 1.29 is 18.3 Å².